The van der Waals surface area contributed by atoms with Crippen LogP contribution in [0.2, 0.25) is 0 Å². The molecule has 2 aliphatic heterocycles. The Labute approximate surface area is 169 Å². The third-order valence-electron chi connectivity index (χ3n) is 5.43. The van der Waals surface area contributed by atoms with E-state index in [1.54, 1.807) is 12.3 Å². The fourth-order valence-electron chi connectivity index (χ4n) is 3.91. The summed E-state index contributed by atoms with van der Waals surface area (Å²) in [6.45, 7) is 2.46. The molecule has 0 fully saturated rings. The number of hydrogen-bond donors (Lipinski definition) is 1. The van der Waals surface area contributed by atoms with E-state index in [4.69, 9.17) is 9.47 Å². The molecule has 4 heterocycles. The van der Waals surface area contributed by atoms with E-state index in [2.05, 4.69) is 15.3 Å². The number of pyridine rings is 2. The van der Waals surface area contributed by atoms with E-state index >= 15 is 0 Å². The number of rotatable bonds is 2. The van der Waals surface area contributed by atoms with Crippen molar-refractivity contribution in [2.75, 3.05) is 6.61 Å². The molecule has 0 saturated heterocycles. The Bertz CT molecular complexity index is 1180. The zero-order chi connectivity index (χ0) is 21.0. The van der Waals surface area contributed by atoms with Crippen LogP contribution >= 0.6 is 0 Å². The molecule has 3 aromatic rings. The van der Waals surface area contributed by atoms with Gasteiger partial charge in [-0.1, -0.05) is 6.07 Å². The second-order valence-electron chi connectivity index (χ2n) is 7.32. The Kier molecular flexibility index (Phi) is 4.18. The molecule has 2 atom stereocenters. The molecule has 2 aliphatic rings. The lowest BCUT2D eigenvalue weighted by atomic mass is 10.0. The van der Waals surface area contributed by atoms with Gasteiger partial charge in [-0.15, -0.1) is 0 Å². The van der Waals surface area contributed by atoms with Crippen molar-refractivity contribution in [3.8, 4) is 5.75 Å². The summed E-state index contributed by atoms with van der Waals surface area (Å²) in [5, 5.41) is 3.60. The molecule has 1 N–H and O–H groups in total. The second kappa shape index (κ2) is 6.66. The third kappa shape index (κ3) is 3.06. The van der Waals surface area contributed by atoms with Crippen LogP contribution in [0.1, 0.15) is 51.8 Å². The highest BCUT2D eigenvalue weighted by atomic mass is 19.4. The molecule has 2 aromatic heterocycles. The van der Waals surface area contributed by atoms with E-state index in [1.165, 1.54) is 12.3 Å². The van der Waals surface area contributed by atoms with E-state index in [-0.39, 0.29) is 24.2 Å². The van der Waals surface area contributed by atoms with Gasteiger partial charge in [-0.25, -0.2) is 4.98 Å². The molecule has 1 aromatic carbocycles. The van der Waals surface area contributed by atoms with Crippen molar-refractivity contribution in [3.05, 3.63) is 64.6 Å². The minimum Gasteiger partial charge on any atom is -0.491 e. The molecule has 30 heavy (non-hydrogen) atoms. The maximum atomic E-state index is 12.9. The van der Waals surface area contributed by atoms with E-state index < -0.39 is 23.7 Å². The van der Waals surface area contributed by atoms with Crippen LogP contribution in [0.4, 0.5) is 13.2 Å². The summed E-state index contributed by atoms with van der Waals surface area (Å²) in [6, 6.07) is 4.38. The monoisotopic (exact) mass is 415 g/mol. The van der Waals surface area contributed by atoms with Crippen molar-refractivity contribution in [3.63, 3.8) is 0 Å². The van der Waals surface area contributed by atoms with Crippen molar-refractivity contribution >= 4 is 16.8 Å². The fraction of sp³-hybridized carbons (Fsp3) is 0.286. The predicted molar refractivity (Wildman–Crippen MR) is 99.9 cm³/mol. The number of hydrogen-bond acceptors (Lipinski definition) is 5. The zero-order valence-electron chi connectivity index (χ0n) is 15.8. The van der Waals surface area contributed by atoms with Crippen LogP contribution in [0, 0.1) is 0 Å². The van der Waals surface area contributed by atoms with Crippen molar-refractivity contribution in [2.45, 2.75) is 31.9 Å². The lowest BCUT2D eigenvalue weighted by Gasteiger charge is -2.13. The SMILES string of the molecule is CC1OCc2cnc3cnc(C(=O)N[C@H]4COc5cc(C(F)(F)F)ccc54)cc3c21. The summed E-state index contributed by atoms with van der Waals surface area (Å²) >= 11 is 0. The second-order valence-corrected chi connectivity index (χ2v) is 7.32. The maximum absolute atomic E-state index is 12.9. The van der Waals surface area contributed by atoms with Crippen LogP contribution in [-0.4, -0.2) is 22.5 Å². The highest BCUT2D eigenvalue weighted by Crippen LogP contribution is 2.39. The molecule has 5 rings (SSSR count). The molecular weight excluding hydrogens is 399 g/mol. The Morgan fingerprint density at radius 3 is 2.83 bits per heavy atom. The molecule has 0 saturated carbocycles. The molecule has 9 heteroatoms. The van der Waals surface area contributed by atoms with Crippen molar-refractivity contribution < 1.29 is 27.4 Å². The number of aromatic nitrogens is 2. The van der Waals surface area contributed by atoms with E-state index in [0.717, 1.165) is 28.6 Å². The molecule has 1 unspecified atom stereocenters. The number of benzene rings is 1. The molecule has 0 spiro atoms. The van der Waals surface area contributed by atoms with Gasteiger partial charge in [-0.05, 0) is 30.7 Å². The Balaban J connectivity index is 1.42. The third-order valence-corrected chi connectivity index (χ3v) is 5.43. The van der Waals surface area contributed by atoms with Gasteiger partial charge in [0.25, 0.3) is 5.91 Å². The molecule has 154 valence electrons. The van der Waals surface area contributed by atoms with Gasteiger partial charge in [0.1, 0.15) is 18.1 Å². The number of nitrogens with zero attached hydrogens (tertiary/aromatic N) is 2. The summed E-state index contributed by atoms with van der Waals surface area (Å²) in [5.41, 5.74) is 2.54. The van der Waals surface area contributed by atoms with Gasteiger partial charge in [0, 0.05) is 22.7 Å². The first-order chi connectivity index (χ1) is 14.3. The zero-order valence-corrected chi connectivity index (χ0v) is 15.8. The van der Waals surface area contributed by atoms with Gasteiger partial charge in [0.2, 0.25) is 0 Å². The Morgan fingerprint density at radius 2 is 2.03 bits per heavy atom. The van der Waals surface area contributed by atoms with Crippen LogP contribution < -0.4 is 10.1 Å². The minimum absolute atomic E-state index is 0.0534. The molecular formula is C21H16F3N3O3. The van der Waals surface area contributed by atoms with E-state index in [9.17, 15) is 18.0 Å². The number of amides is 1. The van der Waals surface area contributed by atoms with Crippen LogP contribution in [-0.2, 0) is 17.5 Å². The predicted octanol–water partition coefficient (Wildman–Crippen LogP) is 4.10. The standard InChI is InChI=1S/C21H16F3N3O3/c1-10-19-11(8-29-10)6-25-16-7-26-15(5-14(16)19)20(28)27-17-9-30-18-4-12(21(22,23)24)2-3-13(17)18/h2-7,10,17H,8-9H2,1H3,(H,27,28)/t10?,17-/m0/s1. The van der Waals surface area contributed by atoms with Crippen molar-refractivity contribution in [2.24, 2.45) is 0 Å². The average molecular weight is 415 g/mol. The first-order valence-corrected chi connectivity index (χ1v) is 9.35. The Morgan fingerprint density at radius 1 is 1.20 bits per heavy atom. The van der Waals surface area contributed by atoms with E-state index in [1.807, 2.05) is 6.92 Å². The fourth-order valence-corrected chi connectivity index (χ4v) is 3.91. The lowest BCUT2D eigenvalue weighted by molar-refractivity contribution is -0.137. The number of alkyl halides is 3. The quantitative estimate of drug-likeness (QED) is 0.682. The first-order valence-electron chi connectivity index (χ1n) is 9.35. The molecule has 0 aliphatic carbocycles. The first kappa shape index (κ1) is 18.8. The summed E-state index contributed by atoms with van der Waals surface area (Å²) in [6.07, 6.45) is -1.28. The van der Waals surface area contributed by atoms with Crippen molar-refractivity contribution in [1.29, 1.82) is 0 Å². The van der Waals surface area contributed by atoms with Crippen LogP contribution in [0.3, 0.4) is 0 Å². The minimum atomic E-state index is -4.45. The summed E-state index contributed by atoms with van der Waals surface area (Å²) in [4.78, 5) is 21.4. The summed E-state index contributed by atoms with van der Waals surface area (Å²) < 4.78 is 49.7. The van der Waals surface area contributed by atoms with Crippen molar-refractivity contribution in [1.82, 2.24) is 15.3 Å². The maximum Gasteiger partial charge on any atom is 0.416 e. The van der Waals surface area contributed by atoms with Gasteiger partial charge in [-0.2, -0.15) is 13.2 Å². The normalized spacial score (nSPS) is 20.0. The number of fused-ring (bicyclic) bond motifs is 4. The Hall–Kier alpha value is -3.20. The topological polar surface area (TPSA) is 73.3 Å². The van der Waals surface area contributed by atoms with Gasteiger partial charge < -0.3 is 14.8 Å². The number of halogens is 3. The number of ether oxygens (including phenoxy) is 2. The van der Waals surface area contributed by atoms with Gasteiger partial charge in [0.05, 0.1) is 36.0 Å². The largest absolute Gasteiger partial charge is 0.491 e. The smallest absolute Gasteiger partial charge is 0.416 e. The number of nitrogens with one attached hydrogen (secondary N) is 1. The summed E-state index contributed by atoms with van der Waals surface area (Å²) in [7, 11) is 0. The number of carbonyl (C=O) groups excluding carboxylic acids is 1. The highest BCUT2D eigenvalue weighted by Gasteiger charge is 2.34. The lowest BCUT2D eigenvalue weighted by Crippen LogP contribution is -2.30. The average Bonchev–Trinajstić information content (AvgIpc) is 3.30. The van der Waals surface area contributed by atoms with Gasteiger partial charge in [-0.3, -0.25) is 9.78 Å². The van der Waals surface area contributed by atoms with Crippen LogP contribution in [0.5, 0.6) is 5.75 Å². The molecule has 1 amide bonds. The van der Waals surface area contributed by atoms with Gasteiger partial charge in [0.15, 0.2) is 0 Å². The molecule has 6 nitrogen and oxygen atoms in total. The number of carbonyl (C=O) groups is 1. The highest BCUT2D eigenvalue weighted by molar-refractivity contribution is 5.97. The van der Waals surface area contributed by atoms with Crippen LogP contribution in [0.15, 0.2) is 36.7 Å². The molecule has 0 bridgehead atoms. The molecule has 0 radical (unpaired) electrons. The van der Waals surface area contributed by atoms with Gasteiger partial charge >= 0.3 is 6.18 Å². The summed E-state index contributed by atoms with van der Waals surface area (Å²) in [5.74, 6) is -0.322. The van der Waals surface area contributed by atoms with E-state index in [0.29, 0.717) is 17.7 Å². The van der Waals surface area contributed by atoms with Crippen LogP contribution in [0.25, 0.3) is 10.9 Å².